The Kier molecular flexibility index (Phi) is 6.76. The van der Waals surface area contributed by atoms with Crippen LogP contribution in [0.1, 0.15) is 12.0 Å². The fourth-order valence-electron chi connectivity index (χ4n) is 1.72. The molecule has 1 aromatic rings. The number of hydrogen-bond donors (Lipinski definition) is 3. The van der Waals surface area contributed by atoms with Gasteiger partial charge in [-0.05, 0) is 12.0 Å². The Morgan fingerprint density at radius 2 is 1.95 bits per heavy atom. The highest BCUT2D eigenvalue weighted by Gasteiger charge is 2.22. The number of carboxylic acids is 1. The van der Waals surface area contributed by atoms with Crippen molar-refractivity contribution in [2.45, 2.75) is 18.9 Å². The number of nitrogens with one attached hydrogen (secondary N) is 1. The molecule has 1 aromatic carbocycles. The first kappa shape index (κ1) is 17.6. The van der Waals surface area contributed by atoms with Gasteiger partial charge in [-0.2, -0.15) is 17.4 Å². The number of nitrogens with zero attached hydrogens (tertiary/aromatic N) is 1. The van der Waals surface area contributed by atoms with Crippen LogP contribution in [0.2, 0.25) is 0 Å². The molecule has 0 amide bonds. The predicted molar refractivity (Wildman–Crippen MR) is 78.0 cm³/mol. The molecule has 0 spiro atoms. The van der Waals surface area contributed by atoms with E-state index in [9.17, 15) is 18.3 Å². The fourth-order valence-corrected chi connectivity index (χ4v) is 2.81. The van der Waals surface area contributed by atoms with Crippen LogP contribution in [-0.2, 0) is 21.4 Å². The van der Waals surface area contributed by atoms with E-state index in [2.05, 4.69) is 4.72 Å². The van der Waals surface area contributed by atoms with E-state index in [0.717, 1.165) is 9.87 Å². The van der Waals surface area contributed by atoms with E-state index in [1.54, 1.807) is 0 Å². The lowest BCUT2D eigenvalue weighted by Gasteiger charge is -2.21. The highest BCUT2D eigenvalue weighted by molar-refractivity contribution is 7.87. The number of carboxylic acid groups (broad SMARTS) is 1. The lowest BCUT2D eigenvalue weighted by molar-refractivity contribution is -0.137. The average Bonchev–Trinajstić information content (AvgIpc) is 2.44. The molecule has 0 heterocycles. The quantitative estimate of drug-likeness (QED) is 0.586. The molecule has 0 saturated carbocycles. The van der Waals surface area contributed by atoms with Gasteiger partial charge in [-0.25, -0.2) is 0 Å². The van der Waals surface area contributed by atoms with Crippen molar-refractivity contribution in [3.8, 4) is 0 Å². The molecule has 3 N–H and O–H groups in total. The minimum absolute atomic E-state index is 0.131. The summed E-state index contributed by atoms with van der Waals surface area (Å²) in [5, 5.41) is 17.9. The van der Waals surface area contributed by atoms with Crippen LogP contribution >= 0.6 is 0 Å². The summed E-state index contributed by atoms with van der Waals surface area (Å²) in [6.45, 7) is -0.477. The third-order valence-corrected chi connectivity index (χ3v) is 4.55. The minimum atomic E-state index is -3.83. The molecular weight excluding hydrogens is 296 g/mol. The van der Waals surface area contributed by atoms with Crippen LogP contribution < -0.4 is 4.72 Å². The second kappa shape index (κ2) is 8.08. The molecule has 21 heavy (non-hydrogen) atoms. The van der Waals surface area contributed by atoms with Gasteiger partial charge in [-0.1, -0.05) is 30.3 Å². The standard InChI is InChI=1S/C13H20N2O5S/c1-15(8-7-13(17)18)21(19,20)14-12(10-16)9-11-5-3-2-4-6-11/h2-6,12,14,16H,7-10H2,1H3,(H,17,18). The molecule has 0 bridgehead atoms. The zero-order valence-electron chi connectivity index (χ0n) is 11.8. The van der Waals surface area contributed by atoms with Crippen molar-refractivity contribution in [1.29, 1.82) is 0 Å². The molecule has 0 radical (unpaired) electrons. The molecule has 118 valence electrons. The second-order valence-corrected chi connectivity index (χ2v) is 6.47. The first-order valence-corrected chi connectivity index (χ1v) is 7.89. The molecule has 1 atom stereocenters. The van der Waals surface area contributed by atoms with Gasteiger partial charge in [0.15, 0.2) is 0 Å². The summed E-state index contributed by atoms with van der Waals surface area (Å²) in [7, 11) is -2.53. The number of aliphatic hydroxyl groups is 1. The summed E-state index contributed by atoms with van der Waals surface area (Å²) in [6, 6.07) is 8.52. The van der Waals surface area contributed by atoms with Crippen molar-refractivity contribution in [2.75, 3.05) is 20.2 Å². The van der Waals surface area contributed by atoms with E-state index in [0.29, 0.717) is 6.42 Å². The molecule has 0 saturated heterocycles. The van der Waals surface area contributed by atoms with Crippen molar-refractivity contribution in [3.63, 3.8) is 0 Å². The normalized spacial score (nSPS) is 13.3. The Morgan fingerprint density at radius 3 is 2.48 bits per heavy atom. The van der Waals surface area contributed by atoms with E-state index in [1.165, 1.54) is 7.05 Å². The average molecular weight is 316 g/mol. The predicted octanol–water partition coefficient (Wildman–Crippen LogP) is -0.169. The van der Waals surface area contributed by atoms with Gasteiger partial charge in [0.05, 0.1) is 19.1 Å². The summed E-state index contributed by atoms with van der Waals surface area (Å²) in [5.41, 5.74) is 0.896. The maximum absolute atomic E-state index is 12.0. The Bertz CT molecular complexity index is 547. The second-order valence-electron chi connectivity index (χ2n) is 4.66. The van der Waals surface area contributed by atoms with Crippen molar-refractivity contribution in [1.82, 2.24) is 9.03 Å². The van der Waals surface area contributed by atoms with Gasteiger partial charge in [0.2, 0.25) is 0 Å². The maximum Gasteiger partial charge on any atom is 0.304 e. The van der Waals surface area contributed by atoms with Crippen molar-refractivity contribution >= 4 is 16.2 Å². The summed E-state index contributed by atoms with van der Waals surface area (Å²) < 4.78 is 27.3. The van der Waals surface area contributed by atoms with Gasteiger partial charge in [-0.3, -0.25) is 4.79 Å². The van der Waals surface area contributed by atoms with Gasteiger partial charge < -0.3 is 10.2 Å². The molecule has 0 aliphatic heterocycles. The highest BCUT2D eigenvalue weighted by atomic mass is 32.2. The molecule has 8 heteroatoms. The molecular formula is C13H20N2O5S. The van der Waals surface area contributed by atoms with Crippen LogP contribution in [0.4, 0.5) is 0 Å². The van der Waals surface area contributed by atoms with E-state index in [4.69, 9.17) is 5.11 Å². The van der Waals surface area contributed by atoms with Crippen molar-refractivity contribution < 1.29 is 23.4 Å². The Morgan fingerprint density at radius 1 is 1.33 bits per heavy atom. The van der Waals surface area contributed by atoms with E-state index in [1.807, 2.05) is 30.3 Å². The van der Waals surface area contributed by atoms with Crippen LogP contribution in [0.5, 0.6) is 0 Å². The minimum Gasteiger partial charge on any atom is -0.481 e. The topological polar surface area (TPSA) is 107 Å². The summed E-state index contributed by atoms with van der Waals surface area (Å²) in [4.78, 5) is 10.5. The summed E-state index contributed by atoms with van der Waals surface area (Å²) in [6.07, 6.45) is 0.0726. The first-order chi connectivity index (χ1) is 9.85. The molecule has 1 unspecified atom stereocenters. The number of aliphatic hydroxyl groups excluding tert-OH is 1. The molecule has 0 aliphatic carbocycles. The molecule has 1 rings (SSSR count). The smallest absolute Gasteiger partial charge is 0.304 e. The monoisotopic (exact) mass is 316 g/mol. The van der Waals surface area contributed by atoms with Crippen molar-refractivity contribution in [2.24, 2.45) is 0 Å². The van der Waals surface area contributed by atoms with Crippen LogP contribution in [0, 0.1) is 0 Å². The summed E-state index contributed by atoms with van der Waals surface area (Å²) >= 11 is 0. The Balaban J connectivity index is 2.64. The van der Waals surface area contributed by atoms with Gasteiger partial charge in [0.1, 0.15) is 0 Å². The van der Waals surface area contributed by atoms with E-state index in [-0.39, 0.29) is 19.6 Å². The fraction of sp³-hybridized carbons (Fsp3) is 0.462. The SMILES string of the molecule is CN(CCC(=O)O)S(=O)(=O)NC(CO)Cc1ccccc1. The molecule has 0 aromatic heterocycles. The molecule has 0 aliphatic rings. The third kappa shape index (κ3) is 6.21. The van der Waals surface area contributed by atoms with Crippen LogP contribution in [-0.4, -0.2) is 55.1 Å². The zero-order chi connectivity index (χ0) is 15.9. The molecule has 0 fully saturated rings. The van der Waals surface area contributed by atoms with E-state index >= 15 is 0 Å². The third-order valence-electron chi connectivity index (χ3n) is 2.91. The Hall–Kier alpha value is -1.48. The summed E-state index contributed by atoms with van der Waals surface area (Å²) in [5.74, 6) is -1.07. The van der Waals surface area contributed by atoms with Crippen LogP contribution in [0.25, 0.3) is 0 Å². The van der Waals surface area contributed by atoms with Gasteiger partial charge >= 0.3 is 5.97 Å². The lowest BCUT2D eigenvalue weighted by atomic mass is 10.1. The number of benzene rings is 1. The zero-order valence-corrected chi connectivity index (χ0v) is 12.6. The first-order valence-electron chi connectivity index (χ1n) is 6.45. The molecule has 7 nitrogen and oxygen atoms in total. The van der Waals surface area contributed by atoms with Gasteiger partial charge in [0, 0.05) is 13.6 Å². The maximum atomic E-state index is 12.0. The van der Waals surface area contributed by atoms with Gasteiger partial charge in [0.25, 0.3) is 10.2 Å². The largest absolute Gasteiger partial charge is 0.481 e. The van der Waals surface area contributed by atoms with Crippen LogP contribution in [0.3, 0.4) is 0 Å². The number of rotatable bonds is 9. The highest BCUT2D eigenvalue weighted by Crippen LogP contribution is 2.05. The van der Waals surface area contributed by atoms with E-state index < -0.39 is 22.2 Å². The number of hydrogen-bond acceptors (Lipinski definition) is 4. The van der Waals surface area contributed by atoms with Crippen molar-refractivity contribution in [3.05, 3.63) is 35.9 Å². The Labute approximate surface area is 124 Å². The number of aliphatic carboxylic acids is 1. The van der Waals surface area contributed by atoms with Crippen LogP contribution in [0.15, 0.2) is 30.3 Å². The number of carbonyl (C=O) groups is 1. The lowest BCUT2D eigenvalue weighted by Crippen LogP contribution is -2.46. The van der Waals surface area contributed by atoms with Gasteiger partial charge in [-0.15, -0.1) is 0 Å².